The molecule has 206 valence electrons. The quantitative estimate of drug-likeness (QED) is 0.400. The fraction of sp³-hybridized carbons (Fsp3) is 0.633. The summed E-state index contributed by atoms with van der Waals surface area (Å²) in [4.78, 5) is 40.9. The number of amides is 2. The third kappa shape index (κ3) is 7.22. The van der Waals surface area contributed by atoms with Gasteiger partial charge in [-0.3, -0.25) is 9.59 Å². The number of likely N-dealkylation sites (N-methyl/N-ethyl adjacent to an activating group) is 2. The van der Waals surface area contributed by atoms with Gasteiger partial charge in [-0.15, -0.1) is 0 Å². The highest BCUT2D eigenvalue weighted by Crippen LogP contribution is 2.42. The smallest absolute Gasteiger partial charge is 0.331 e. The van der Waals surface area contributed by atoms with Gasteiger partial charge in [0.25, 0.3) is 0 Å². The number of hydrogen-bond donors (Lipinski definition) is 3. The number of hydrogen-bond acceptors (Lipinski definition) is 4. The first-order valence-corrected chi connectivity index (χ1v) is 13.5. The van der Waals surface area contributed by atoms with E-state index in [4.69, 9.17) is 0 Å². The van der Waals surface area contributed by atoms with Gasteiger partial charge in [0.1, 0.15) is 6.04 Å². The van der Waals surface area contributed by atoms with Gasteiger partial charge in [0.2, 0.25) is 11.8 Å². The summed E-state index contributed by atoms with van der Waals surface area (Å²) in [6, 6.07) is 8.55. The van der Waals surface area contributed by atoms with Crippen molar-refractivity contribution in [1.29, 1.82) is 0 Å². The minimum absolute atomic E-state index is 0.00628. The van der Waals surface area contributed by atoms with Gasteiger partial charge in [-0.2, -0.15) is 0 Å². The molecule has 1 aliphatic rings. The second-order valence-corrected chi connectivity index (χ2v) is 12.0. The molecule has 1 aliphatic carbocycles. The SMILES string of the molecule is CNC(C(=O)N[C@H](C(=O)N(C)[C@H](/C=C(\C)C(=O)O)C(C)C)C(C)(C)C)C1(c2ccccc2)CCCCC1. The van der Waals surface area contributed by atoms with Crippen molar-refractivity contribution in [3.05, 3.63) is 47.5 Å². The van der Waals surface area contributed by atoms with Crippen LogP contribution in [-0.4, -0.2) is 60.0 Å². The lowest BCUT2D eigenvalue weighted by Gasteiger charge is -2.44. The van der Waals surface area contributed by atoms with Crippen LogP contribution in [0.15, 0.2) is 42.0 Å². The Morgan fingerprint density at radius 2 is 1.62 bits per heavy atom. The Bertz CT molecular complexity index is 959. The van der Waals surface area contributed by atoms with E-state index in [2.05, 4.69) is 22.8 Å². The van der Waals surface area contributed by atoms with E-state index in [0.717, 1.165) is 37.7 Å². The van der Waals surface area contributed by atoms with Crippen LogP contribution in [0.4, 0.5) is 0 Å². The summed E-state index contributed by atoms with van der Waals surface area (Å²) in [6.45, 7) is 11.3. The van der Waals surface area contributed by atoms with Crippen molar-refractivity contribution in [1.82, 2.24) is 15.5 Å². The normalized spacial score (nSPS) is 18.6. The van der Waals surface area contributed by atoms with Crippen molar-refractivity contribution >= 4 is 17.8 Å². The van der Waals surface area contributed by atoms with Crippen molar-refractivity contribution < 1.29 is 19.5 Å². The Labute approximate surface area is 223 Å². The highest BCUT2D eigenvalue weighted by molar-refractivity contribution is 5.92. The van der Waals surface area contributed by atoms with Crippen molar-refractivity contribution in [3.8, 4) is 0 Å². The van der Waals surface area contributed by atoms with Gasteiger partial charge in [-0.1, -0.05) is 90.3 Å². The molecule has 0 heterocycles. The average Bonchev–Trinajstić information content (AvgIpc) is 2.85. The number of aliphatic carboxylic acids is 1. The molecule has 7 heteroatoms. The van der Waals surface area contributed by atoms with Gasteiger partial charge < -0.3 is 20.6 Å². The van der Waals surface area contributed by atoms with Crippen molar-refractivity contribution in [2.75, 3.05) is 14.1 Å². The summed E-state index contributed by atoms with van der Waals surface area (Å²) in [5, 5.41) is 15.8. The average molecular weight is 514 g/mol. The van der Waals surface area contributed by atoms with Gasteiger partial charge in [0, 0.05) is 18.0 Å². The predicted octanol–water partition coefficient (Wildman–Crippen LogP) is 4.52. The Kier molecular flexibility index (Phi) is 10.5. The Morgan fingerprint density at radius 1 is 1.05 bits per heavy atom. The van der Waals surface area contributed by atoms with Gasteiger partial charge in [0.05, 0.1) is 12.1 Å². The van der Waals surface area contributed by atoms with Crippen LogP contribution >= 0.6 is 0 Å². The Balaban J connectivity index is 2.41. The molecule has 2 amide bonds. The molecule has 0 aromatic heterocycles. The highest BCUT2D eigenvalue weighted by Gasteiger charge is 2.46. The van der Waals surface area contributed by atoms with E-state index in [0.29, 0.717) is 0 Å². The molecule has 1 aromatic rings. The molecular formula is C30H47N3O4. The van der Waals surface area contributed by atoms with Crippen LogP contribution < -0.4 is 10.6 Å². The van der Waals surface area contributed by atoms with E-state index < -0.39 is 29.5 Å². The molecule has 1 aromatic carbocycles. The Morgan fingerprint density at radius 3 is 2.08 bits per heavy atom. The second kappa shape index (κ2) is 12.7. The number of carbonyl (C=O) groups is 3. The summed E-state index contributed by atoms with van der Waals surface area (Å²) >= 11 is 0. The summed E-state index contributed by atoms with van der Waals surface area (Å²) in [5.74, 6) is -1.44. The molecule has 2 rings (SSSR count). The lowest BCUT2D eigenvalue weighted by molar-refractivity contribution is -0.141. The first-order valence-electron chi connectivity index (χ1n) is 13.5. The first kappa shape index (κ1) is 30.6. The van der Waals surface area contributed by atoms with E-state index in [1.807, 2.05) is 59.9 Å². The van der Waals surface area contributed by atoms with Crippen molar-refractivity contribution in [2.45, 2.75) is 97.2 Å². The lowest BCUT2D eigenvalue weighted by atomic mass is 9.64. The van der Waals surface area contributed by atoms with E-state index in [-0.39, 0.29) is 28.7 Å². The molecule has 0 radical (unpaired) electrons. The molecule has 3 atom stereocenters. The van der Waals surface area contributed by atoms with Crippen LogP contribution in [0.25, 0.3) is 0 Å². The third-order valence-corrected chi connectivity index (χ3v) is 7.83. The van der Waals surface area contributed by atoms with Crippen molar-refractivity contribution in [2.24, 2.45) is 11.3 Å². The summed E-state index contributed by atoms with van der Waals surface area (Å²) in [6.07, 6.45) is 6.68. The van der Waals surface area contributed by atoms with Crippen LogP contribution in [0.3, 0.4) is 0 Å². The van der Waals surface area contributed by atoms with Gasteiger partial charge in [0.15, 0.2) is 0 Å². The zero-order valence-corrected chi connectivity index (χ0v) is 23.9. The summed E-state index contributed by atoms with van der Waals surface area (Å²) in [7, 11) is 3.50. The molecule has 1 unspecified atom stereocenters. The first-order chi connectivity index (χ1) is 17.3. The number of benzene rings is 1. The molecule has 1 fully saturated rings. The van der Waals surface area contributed by atoms with Gasteiger partial charge >= 0.3 is 5.97 Å². The summed E-state index contributed by atoms with van der Waals surface area (Å²) in [5.41, 5.74) is 0.428. The molecule has 0 bridgehead atoms. The molecular weight excluding hydrogens is 466 g/mol. The van der Waals surface area contributed by atoms with E-state index >= 15 is 0 Å². The zero-order chi connectivity index (χ0) is 28.0. The number of rotatable bonds is 10. The van der Waals surface area contributed by atoms with E-state index in [1.165, 1.54) is 6.92 Å². The summed E-state index contributed by atoms with van der Waals surface area (Å²) < 4.78 is 0. The maximum atomic E-state index is 14.0. The molecule has 1 saturated carbocycles. The largest absolute Gasteiger partial charge is 0.478 e. The monoisotopic (exact) mass is 513 g/mol. The second-order valence-electron chi connectivity index (χ2n) is 12.0. The number of carboxylic acids is 1. The maximum absolute atomic E-state index is 14.0. The van der Waals surface area contributed by atoms with Crippen LogP contribution in [0.2, 0.25) is 0 Å². The topological polar surface area (TPSA) is 98.7 Å². The minimum Gasteiger partial charge on any atom is -0.478 e. The van der Waals surface area contributed by atoms with Crippen LogP contribution in [0, 0.1) is 11.3 Å². The molecule has 0 saturated heterocycles. The van der Waals surface area contributed by atoms with Crippen LogP contribution in [0.5, 0.6) is 0 Å². The number of nitrogens with one attached hydrogen (secondary N) is 2. The van der Waals surface area contributed by atoms with Crippen LogP contribution in [-0.2, 0) is 19.8 Å². The molecule has 3 N–H and O–H groups in total. The fourth-order valence-electron chi connectivity index (χ4n) is 5.66. The lowest BCUT2D eigenvalue weighted by Crippen LogP contribution is -2.62. The minimum atomic E-state index is -1.01. The number of carbonyl (C=O) groups excluding carboxylic acids is 2. The van der Waals surface area contributed by atoms with Gasteiger partial charge in [-0.05, 0) is 43.7 Å². The standard InChI is InChI=1S/C30H47N3O4/c1-20(2)23(19-21(3)28(36)37)33(8)27(35)25(29(4,5)6)32-26(34)24(31-7)30(17-13-10-14-18-30)22-15-11-9-12-16-22/h9,11-12,15-16,19-20,23-25,31H,10,13-14,17-18H2,1-8H3,(H,32,34)(H,36,37)/b21-19+/t23-,24?,25-/m1/s1. The predicted molar refractivity (Wildman–Crippen MR) is 148 cm³/mol. The van der Waals surface area contributed by atoms with Gasteiger partial charge in [-0.25, -0.2) is 4.79 Å². The molecule has 0 aliphatic heterocycles. The van der Waals surface area contributed by atoms with E-state index in [1.54, 1.807) is 18.0 Å². The molecule has 0 spiro atoms. The number of carboxylic acid groups (broad SMARTS) is 1. The fourth-order valence-corrected chi connectivity index (χ4v) is 5.66. The number of nitrogens with zero attached hydrogens (tertiary/aromatic N) is 1. The highest BCUT2D eigenvalue weighted by atomic mass is 16.4. The van der Waals surface area contributed by atoms with Crippen molar-refractivity contribution in [3.63, 3.8) is 0 Å². The molecule has 37 heavy (non-hydrogen) atoms. The molecule has 7 nitrogen and oxygen atoms in total. The van der Waals surface area contributed by atoms with E-state index in [9.17, 15) is 19.5 Å². The Hall–Kier alpha value is -2.67. The zero-order valence-electron chi connectivity index (χ0n) is 23.9. The maximum Gasteiger partial charge on any atom is 0.331 e. The third-order valence-electron chi connectivity index (χ3n) is 7.83. The van der Waals surface area contributed by atoms with Crippen LogP contribution in [0.1, 0.15) is 79.2 Å².